The second-order valence-electron chi connectivity index (χ2n) is 6.88. The van der Waals surface area contributed by atoms with Gasteiger partial charge in [0.15, 0.2) is 0 Å². The summed E-state index contributed by atoms with van der Waals surface area (Å²) in [5.74, 6) is -1.25. The standard InChI is InChI=1S/C21H14N2O6S/c24-19-15-7-3-6-14-17(9-8-16(22-19)18(14)15)30(27,28)29-11-10-23-20(25)12-4-1-2-5-13(12)21(23)26/h1-9H,10-11H2,(H,22,24). The lowest BCUT2D eigenvalue weighted by Gasteiger charge is -2.14. The van der Waals surface area contributed by atoms with Crippen LogP contribution >= 0.6 is 0 Å². The fraction of sp³-hybridized carbons (Fsp3) is 0.0952. The second-order valence-corrected chi connectivity index (χ2v) is 8.46. The van der Waals surface area contributed by atoms with Crippen LogP contribution in [0, 0.1) is 0 Å². The second kappa shape index (κ2) is 6.48. The number of carbonyl (C=O) groups is 3. The van der Waals surface area contributed by atoms with Gasteiger partial charge in [-0.2, -0.15) is 8.42 Å². The van der Waals surface area contributed by atoms with E-state index in [2.05, 4.69) is 5.32 Å². The van der Waals surface area contributed by atoms with Crippen molar-refractivity contribution in [3.63, 3.8) is 0 Å². The van der Waals surface area contributed by atoms with E-state index >= 15 is 0 Å². The molecule has 0 spiro atoms. The highest BCUT2D eigenvalue weighted by Gasteiger charge is 2.35. The maximum atomic E-state index is 12.8. The first-order valence-electron chi connectivity index (χ1n) is 9.10. The molecule has 3 amide bonds. The fourth-order valence-electron chi connectivity index (χ4n) is 3.82. The third-order valence-corrected chi connectivity index (χ3v) is 6.57. The van der Waals surface area contributed by atoms with E-state index < -0.39 is 21.9 Å². The molecule has 2 aliphatic heterocycles. The molecule has 0 unspecified atom stereocenters. The Labute approximate surface area is 171 Å². The average Bonchev–Trinajstić information content (AvgIpc) is 3.19. The van der Waals surface area contributed by atoms with Gasteiger partial charge in [-0.25, -0.2) is 0 Å². The smallest absolute Gasteiger partial charge is 0.297 e. The van der Waals surface area contributed by atoms with Crippen molar-refractivity contribution in [3.05, 3.63) is 71.3 Å². The average molecular weight is 422 g/mol. The number of rotatable bonds is 5. The molecule has 9 heteroatoms. The van der Waals surface area contributed by atoms with Crippen molar-refractivity contribution in [1.29, 1.82) is 0 Å². The first kappa shape index (κ1) is 18.5. The molecule has 150 valence electrons. The molecule has 30 heavy (non-hydrogen) atoms. The molecule has 3 aromatic carbocycles. The van der Waals surface area contributed by atoms with E-state index in [0.29, 0.717) is 22.0 Å². The Bertz CT molecular complexity index is 1340. The van der Waals surface area contributed by atoms with Gasteiger partial charge in [0.05, 0.1) is 24.3 Å². The molecule has 0 bridgehead atoms. The van der Waals surface area contributed by atoms with Crippen LogP contribution in [0.4, 0.5) is 5.69 Å². The Hall–Kier alpha value is -3.56. The lowest BCUT2D eigenvalue weighted by Crippen LogP contribution is -2.33. The Morgan fingerprint density at radius 1 is 0.833 bits per heavy atom. The van der Waals surface area contributed by atoms with Crippen molar-refractivity contribution in [2.45, 2.75) is 4.90 Å². The van der Waals surface area contributed by atoms with Crippen LogP contribution in [-0.4, -0.2) is 44.2 Å². The van der Waals surface area contributed by atoms with Gasteiger partial charge in [-0.3, -0.25) is 23.5 Å². The summed E-state index contributed by atoms with van der Waals surface area (Å²) in [4.78, 5) is 37.7. The Morgan fingerprint density at radius 2 is 1.50 bits per heavy atom. The number of fused-ring (bicyclic) bond motifs is 1. The van der Waals surface area contributed by atoms with E-state index in [1.54, 1.807) is 42.5 Å². The minimum Gasteiger partial charge on any atom is -0.321 e. The molecule has 0 saturated heterocycles. The number of anilines is 1. The van der Waals surface area contributed by atoms with E-state index in [-0.39, 0.29) is 35.1 Å². The van der Waals surface area contributed by atoms with Crippen molar-refractivity contribution in [2.24, 2.45) is 0 Å². The van der Waals surface area contributed by atoms with E-state index in [4.69, 9.17) is 4.18 Å². The largest absolute Gasteiger partial charge is 0.321 e. The minimum atomic E-state index is -4.19. The predicted octanol–water partition coefficient (Wildman–Crippen LogP) is 2.41. The summed E-state index contributed by atoms with van der Waals surface area (Å²) < 4.78 is 30.7. The van der Waals surface area contributed by atoms with Gasteiger partial charge in [-0.05, 0) is 30.3 Å². The highest BCUT2D eigenvalue weighted by Crippen LogP contribution is 2.37. The number of imide groups is 1. The van der Waals surface area contributed by atoms with E-state index in [1.807, 2.05) is 0 Å². The van der Waals surface area contributed by atoms with Crippen LogP contribution in [-0.2, 0) is 14.3 Å². The van der Waals surface area contributed by atoms with Crippen LogP contribution < -0.4 is 5.32 Å². The zero-order valence-corrected chi connectivity index (χ0v) is 16.2. The van der Waals surface area contributed by atoms with Crippen LogP contribution in [0.3, 0.4) is 0 Å². The zero-order valence-electron chi connectivity index (χ0n) is 15.4. The molecule has 2 heterocycles. The number of carbonyl (C=O) groups excluding carboxylic acids is 3. The summed E-state index contributed by atoms with van der Waals surface area (Å²) in [7, 11) is -4.19. The lowest BCUT2D eigenvalue weighted by atomic mass is 10.1. The topological polar surface area (TPSA) is 110 Å². The molecule has 0 aromatic heterocycles. The summed E-state index contributed by atoms with van der Waals surface area (Å²) >= 11 is 0. The number of nitrogens with one attached hydrogen (secondary N) is 1. The molecule has 0 aliphatic carbocycles. The van der Waals surface area contributed by atoms with Crippen molar-refractivity contribution in [3.8, 4) is 0 Å². The fourth-order valence-corrected chi connectivity index (χ4v) is 4.92. The number of benzene rings is 3. The summed E-state index contributed by atoms with van der Waals surface area (Å²) in [5, 5.41) is 3.58. The molecule has 0 radical (unpaired) electrons. The van der Waals surface area contributed by atoms with Crippen LogP contribution in [0.5, 0.6) is 0 Å². The van der Waals surface area contributed by atoms with Crippen LogP contribution in [0.1, 0.15) is 31.1 Å². The molecule has 1 N–H and O–H groups in total. The quantitative estimate of drug-likeness (QED) is 0.499. The lowest BCUT2D eigenvalue weighted by molar-refractivity contribution is 0.0631. The van der Waals surface area contributed by atoms with Crippen molar-refractivity contribution < 1.29 is 27.0 Å². The number of hydrogen-bond donors (Lipinski definition) is 1. The summed E-state index contributed by atoms with van der Waals surface area (Å²) in [5.41, 5.74) is 1.51. The third-order valence-electron chi connectivity index (χ3n) is 5.19. The number of hydrogen-bond acceptors (Lipinski definition) is 6. The van der Waals surface area contributed by atoms with Gasteiger partial charge >= 0.3 is 0 Å². The van der Waals surface area contributed by atoms with Crippen LogP contribution in [0.25, 0.3) is 10.8 Å². The summed E-state index contributed by atoms with van der Waals surface area (Å²) in [6, 6.07) is 14.1. The Morgan fingerprint density at radius 3 is 2.20 bits per heavy atom. The van der Waals surface area contributed by atoms with Gasteiger partial charge in [-0.1, -0.05) is 24.3 Å². The van der Waals surface area contributed by atoms with Gasteiger partial charge < -0.3 is 5.32 Å². The monoisotopic (exact) mass is 422 g/mol. The summed E-state index contributed by atoms with van der Waals surface area (Å²) in [6.07, 6.45) is 0. The first-order valence-corrected chi connectivity index (χ1v) is 10.5. The maximum Gasteiger partial charge on any atom is 0.297 e. The van der Waals surface area contributed by atoms with Gasteiger partial charge in [0.1, 0.15) is 4.90 Å². The molecular weight excluding hydrogens is 408 g/mol. The number of nitrogens with zero attached hydrogens (tertiary/aromatic N) is 1. The van der Waals surface area contributed by atoms with Crippen molar-refractivity contribution >= 4 is 44.3 Å². The van der Waals surface area contributed by atoms with Gasteiger partial charge in [-0.15, -0.1) is 0 Å². The van der Waals surface area contributed by atoms with E-state index in [1.165, 1.54) is 12.1 Å². The van der Waals surface area contributed by atoms with Crippen LogP contribution in [0.15, 0.2) is 59.5 Å². The Balaban J connectivity index is 1.38. The first-order chi connectivity index (χ1) is 14.4. The summed E-state index contributed by atoms with van der Waals surface area (Å²) in [6.45, 7) is -0.583. The highest BCUT2D eigenvalue weighted by molar-refractivity contribution is 7.87. The predicted molar refractivity (Wildman–Crippen MR) is 107 cm³/mol. The molecule has 5 rings (SSSR count). The minimum absolute atomic E-state index is 0.0815. The van der Waals surface area contributed by atoms with Crippen LogP contribution in [0.2, 0.25) is 0 Å². The molecular formula is C21H14N2O6S. The van der Waals surface area contributed by atoms with Crippen molar-refractivity contribution in [1.82, 2.24) is 4.90 Å². The molecule has 3 aromatic rings. The van der Waals surface area contributed by atoms with E-state index in [9.17, 15) is 22.8 Å². The van der Waals surface area contributed by atoms with Gasteiger partial charge in [0.2, 0.25) is 0 Å². The maximum absolute atomic E-state index is 12.8. The molecule has 8 nitrogen and oxygen atoms in total. The zero-order chi connectivity index (χ0) is 21.0. The Kier molecular flexibility index (Phi) is 3.99. The molecule has 2 aliphatic rings. The van der Waals surface area contributed by atoms with Crippen molar-refractivity contribution in [2.75, 3.05) is 18.5 Å². The van der Waals surface area contributed by atoms with Gasteiger partial charge in [0.25, 0.3) is 27.8 Å². The third kappa shape index (κ3) is 2.63. The molecule has 0 fully saturated rings. The SMILES string of the molecule is O=C1Nc2ccc(S(=O)(=O)OCCN3C(=O)c4ccccc4C3=O)c3cccc1c23. The highest BCUT2D eigenvalue weighted by atomic mass is 32.2. The number of amides is 3. The molecule has 0 saturated carbocycles. The molecule has 0 atom stereocenters. The normalized spacial score (nSPS) is 15.1. The van der Waals surface area contributed by atoms with Gasteiger partial charge in [0, 0.05) is 22.0 Å². The van der Waals surface area contributed by atoms with E-state index in [0.717, 1.165) is 4.90 Å².